The van der Waals surface area contributed by atoms with E-state index in [0.717, 1.165) is 51.9 Å². The lowest BCUT2D eigenvalue weighted by molar-refractivity contribution is 0.103. The zero-order chi connectivity index (χ0) is 54.5. The molecule has 17 heteroatoms. The van der Waals surface area contributed by atoms with Crippen molar-refractivity contribution in [3.63, 3.8) is 0 Å². The van der Waals surface area contributed by atoms with Gasteiger partial charge in [-0.15, -0.1) is 0 Å². The highest BCUT2D eigenvalue weighted by Gasteiger charge is 2.30. The van der Waals surface area contributed by atoms with E-state index in [1.165, 1.54) is 37.9 Å². The third kappa shape index (κ3) is 10.8. The summed E-state index contributed by atoms with van der Waals surface area (Å²) in [6.07, 6.45) is 12.8. The lowest BCUT2D eigenvalue weighted by Gasteiger charge is -2.27. The van der Waals surface area contributed by atoms with Crippen LogP contribution in [0.1, 0.15) is 54.4 Å². The first-order valence-corrected chi connectivity index (χ1v) is 26.8. The highest BCUT2D eigenvalue weighted by molar-refractivity contribution is 6.13. The summed E-state index contributed by atoms with van der Waals surface area (Å²) in [6.45, 7) is 5.68. The van der Waals surface area contributed by atoms with Crippen molar-refractivity contribution in [2.45, 2.75) is 38.5 Å². The number of benzene rings is 6. The minimum Gasteiger partial charge on any atom is -0.508 e. The summed E-state index contributed by atoms with van der Waals surface area (Å²) >= 11 is 0. The lowest BCUT2D eigenvalue weighted by atomic mass is 9.88. The highest BCUT2D eigenvalue weighted by Crippen LogP contribution is 2.49. The molecule has 0 bridgehead atoms. The van der Waals surface area contributed by atoms with E-state index in [2.05, 4.69) is 30.4 Å². The molecule has 17 nitrogen and oxygen atoms in total. The van der Waals surface area contributed by atoms with Gasteiger partial charge in [-0.1, -0.05) is 33.5 Å². The Morgan fingerprint density at radius 3 is 0.912 bits per heavy atom. The molecular weight excluding hydrogens is 1020 g/mol. The SMILES string of the molecule is O=C(c1cc(-c2conc2-c2ccc(O)cc2)c(OCCN2CCCCC2)c(-c2conc2-c2ccc(O)cc2)c1)c1cc(-c2conc2-c2ccc(O)cc2)c(OCCN2CCCCC2)c(-c2conc2-c2ccc(O)cc2)c1. The summed E-state index contributed by atoms with van der Waals surface area (Å²) in [7, 11) is 0. The molecule has 404 valence electrons. The van der Waals surface area contributed by atoms with E-state index in [9.17, 15) is 20.4 Å². The van der Waals surface area contributed by atoms with Crippen molar-refractivity contribution in [2.24, 2.45) is 0 Å². The van der Waals surface area contributed by atoms with Crippen LogP contribution in [0.4, 0.5) is 0 Å². The molecule has 2 aliphatic rings. The van der Waals surface area contributed by atoms with E-state index in [0.29, 0.717) is 127 Å². The number of aromatic nitrogens is 4. The number of carbonyl (C=O) groups excluding carboxylic acids is 1. The molecule has 0 aliphatic carbocycles. The van der Waals surface area contributed by atoms with Gasteiger partial charge in [0.05, 0.1) is 22.3 Å². The first-order valence-electron chi connectivity index (χ1n) is 26.8. The molecule has 12 rings (SSSR count). The number of phenolic OH excluding ortho intramolecular Hbond substituents is 4. The molecule has 0 saturated carbocycles. The van der Waals surface area contributed by atoms with Gasteiger partial charge in [0.25, 0.3) is 0 Å². The second-order valence-electron chi connectivity index (χ2n) is 20.1. The van der Waals surface area contributed by atoms with Gasteiger partial charge in [-0.2, -0.15) is 0 Å². The third-order valence-corrected chi connectivity index (χ3v) is 14.9. The molecule has 6 heterocycles. The van der Waals surface area contributed by atoms with Gasteiger partial charge in [0.2, 0.25) is 0 Å². The second kappa shape index (κ2) is 22.9. The van der Waals surface area contributed by atoms with Gasteiger partial charge < -0.3 is 48.0 Å². The van der Waals surface area contributed by atoms with Crippen LogP contribution in [0.3, 0.4) is 0 Å². The van der Waals surface area contributed by atoms with Crippen LogP contribution >= 0.6 is 0 Å². The fraction of sp³-hybridized carbons (Fsp3) is 0.222. The minimum absolute atomic E-state index is 0.0737. The van der Waals surface area contributed by atoms with Crippen molar-refractivity contribution in [1.29, 1.82) is 0 Å². The van der Waals surface area contributed by atoms with Crippen LogP contribution in [-0.2, 0) is 0 Å². The monoisotopic (exact) mass is 1070 g/mol. The van der Waals surface area contributed by atoms with E-state index in [4.69, 9.17) is 27.6 Å². The van der Waals surface area contributed by atoms with Crippen molar-refractivity contribution < 1.29 is 52.8 Å². The number of rotatable bonds is 18. The summed E-state index contributed by atoms with van der Waals surface area (Å²) in [4.78, 5) is 21.0. The van der Waals surface area contributed by atoms with Gasteiger partial charge in [-0.25, -0.2) is 0 Å². The molecule has 6 aromatic carbocycles. The van der Waals surface area contributed by atoms with Crippen LogP contribution in [0, 0.1) is 0 Å². The average Bonchev–Trinajstić information content (AvgIpc) is 4.45. The number of phenols is 4. The topological polar surface area (TPSA) is 227 Å². The van der Waals surface area contributed by atoms with Crippen LogP contribution in [0.5, 0.6) is 34.5 Å². The molecule has 80 heavy (non-hydrogen) atoms. The number of hydrogen-bond acceptors (Lipinski definition) is 17. The number of nitrogens with zero attached hydrogens (tertiary/aromatic N) is 6. The van der Waals surface area contributed by atoms with Crippen LogP contribution in [-0.4, -0.2) is 109 Å². The molecule has 4 N–H and O–H groups in total. The Kier molecular flexibility index (Phi) is 14.7. The maximum Gasteiger partial charge on any atom is 0.193 e. The zero-order valence-corrected chi connectivity index (χ0v) is 43.6. The molecule has 4 aromatic heterocycles. The largest absolute Gasteiger partial charge is 0.508 e. The normalized spacial score (nSPS) is 14.1. The van der Waals surface area contributed by atoms with Crippen molar-refractivity contribution >= 4 is 5.78 Å². The Bertz CT molecular complexity index is 3300. The number of hydrogen-bond donors (Lipinski definition) is 4. The van der Waals surface area contributed by atoms with Crippen LogP contribution in [0.2, 0.25) is 0 Å². The van der Waals surface area contributed by atoms with Gasteiger partial charge in [0, 0.05) is 68.7 Å². The Balaban J connectivity index is 1.08. The van der Waals surface area contributed by atoms with Gasteiger partial charge in [-0.3, -0.25) is 14.6 Å². The molecule has 2 saturated heterocycles. The zero-order valence-electron chi connectivity index (χ0n) is 43.6. The van der Waals surface area contributed by atoms with Crippen molar-refractivity contribution in [3.05, 3.63) is 158 Å². The van der Waals surface area contributed by atoms with Crippen LogP contribution in [0.15, 0.2) is 164 Å². The smallest absolute Gasteiger partial charge is 0.193 e. The third-order valence-electron chi connectivity index (χ3n) is 14.9. The highest BCUT2D eigenvalue weighted by atomic mass is 16.5. The van der Waals surface area contributed by atoms with Gasteiger partial charge >= 0.3 is 0 Å². The molecule has 0 amide bonds. The number of carbonyl (C=O) groups is 1. The van der Waals surface area contributed by atoms with Crippen molar-refractivity contribution in [3.8, 4) is 124 Å². The maximum absolute atomic E-state index is 16.2. The summed E-state index contributed by atoms with van der Waals surface area (Å²) < 4.78 is 37.1. The molecule has 2 fully saturated rings. The summed E-state index contributed by atoms with van der Waals surface area (Å²) in [5.74, 6) is 0.707. The summed E-state index contributed by atoms with van der Waals surface area (Å²) in [5, 5.41) is 59.2. The van der Waals surface area contributed by atoms with E-state index in [1.807, 2.05) is 0 Å². The number of ketones is 1. The van der Waals surface area contributed by atoms with Gasteiger partial charge in [0.1, 0.15) is 95.5 Å². The molecule has 0 spiro atoms. The van der Waals surface area contributed by atoms with E-state index in [-0.39, 0.29) is 34.1 Å². The van der Waals surface area contributed by atoms with Crippen molar-refractivity contribution in [2.75, 3.05) is 52.5 Å². The summed E-state index contributed by atoms with van der Waals surface area (Å²) in [6, 6.07) is 33.5. The number of ether oxygens (including phenoxy) is 2. The number of piperidine rings is 2. The van der Waals surface area contributed by atoms with Crippen LogP contribution < -0.4 is 9.47 Å². The Labute approximate surface area is 459 Å². The lowest BCUT2D eigenvalue weighted by Crippen LogP contribution is -2.33. The maximum atomic E-state index is 16.2. The summed E-state index contributed by atoms with van der Waals surface area (Å²) in [5.41, 5.74) is 8.71. The molecule has 2 aliphatic heterocycles. The first kappa shape index (κ1) is 51.3. The standard InChI is InChI=1S/C63H56N6O11/c70-45-15-7-39(8-16-45)57-53(35-77-64-57)49-31-43(32-50(62(49)75-29-27-68-23-3-1-4-24-68)54-36-78-65-58(54)40-9-17-46(71)18-10-40)61(74)44-33-51(55-37-79-66-59(55)41-11-19-47(72)20-12-41)63(76-30-28-69-25-5-2-6-26-69)52(34-44)56-38-80-67-60(56)42-13-21-48(73)22-14-42/h7-22,31-38,70-73H,1-6,23-30H2. The predicted molar refractivity (Wildman–Crippen MR) is 298 cm³/mol. The van der Waals surface area contributed by atoms with Crippen molar-refractivity contribution in [1.82, 2.24) is 30.4 Å². The van der Waals surface area contributed by atoms with Gasteiger partial charge in [-0.05, 0) is 173 Å². The number of aromatic hydroxyl groups is 4. The predicted octanol–water partition coefficient (Wildman–Crippen LogP) is 12.8. The quantitative estimate of drug-likeness (QED) is 0.0586. The molecule has 0 atom stereocenters. The molecular formula is C63H56N6O11. The fourth-order valence-electron chi connectivity index (χ4n) is 10.7. The average molecular weight is 1070 g/mol. The Morgan fingerprint density at radius 2 is 0.650 bits per heavy atom. The molecule has 0 radical (unpaired) electrons. The minimum atomic E-state index is -0.412. The van der Waals surface area contributed by atoms with E-state index in [1.54, 1.807) is 121 Å². The van der Waals surface area contributed by atoms with Gasteiger partial charge in [0.15, 0.2) is 5.78 Å². The molecule has 10 aromatic rings. The second-order valence-corrected chi connectivity index (χ2v) is 20.1. The van der Waals surface area contributed by atoms with E-state index >= 15 is 4.79 Å². The Morgan fingerprint density at radius 1 is 0.388 bits per heavy atom. The van der Waals surface area contributed by atoms with Crippen LogP contribution in [0.25, 0.3) is 89.5 Å². The first-order chi connectivity index (χ1) is 39.2. The Hall–Kier alpha value is -9.45. The molecule has 0 unspecified atom stereocenters. The number of likely N-dealkylation sites (tertiary alicyclic amines) is 2. The van der Waals surface area contributed by atoms with E-state index < -0.39 is 5.78 Å². The fourth-order valence-corrected chi connectivity index (χ4v) is 10.7.